The largest absolute Gasteiger partial charge is 0.496 e. The van der Waals surface area contributed by atoms with E-state index in [1.807, 2.05) is 36.4 Å². The second-order valence-corrected chi connectivity index (χ2v) is 5.34. The van der Waals surface area contributed by atoms with Crippen LogP contribution < -0.4 is 15.4 Å². The number of para-hydroxylation sites is 1. The third-order valence-electron chi connectivity index (χ3n) is 3.26. The minimum atomic E-state index is -0.250. The summed E-state index contributed by atoms with van der Waals surface area (Å²) < 4.78 is 6.06. The molecule has 3 rings (SSSR count). The maximum absolute atomic E-state index is 12.1. The third kappa shape index (κ3) is 2.25. The van der Waals surface area contributed by atoms with Gasteiger partial charge in [0.1, 0.15) is 11.9 Å². The number of methoxy groups -OCH3 is 1. The van der Waals surface area contributed by atoms with Gasteiger partial charge in [-0.15, -0.1) is 0 Å². The maximum atomic E-state index is 12.1. The lowest BCUT2D eigenvalue weighted by atomic mass is 10.1. The molecule has 0 aliphatic carbocycles. The number of anilines is 1. The highest BCUT2D eigenvalue weighted by Gasteiger charge is 2.24. The number of amides is 1. The Labute approximate surface area is 125 Å². The van der Waals surface area contributed by atoms with Crippen LogP contribution in [-0.2, 0) is 0 Å². The average molecular weight is 333 g/mol. The Morgan fingerprint density at radius 1 is 1.15 bits per heavy atom. The predicted molar refractivity (Wildman–Crippen MR) is 81.0 cm³/mol. The van der Waals surface area contributed by atoms with Crippen molar-refractivity contribution in [2.24, 2.45) is 0 Å². The Bertz CT molecular complexity index is 673. The highest BCUT2D eigenvalue weighted by molar-refractivity contribution is 9.10. The summed E-state index contributed by atoms with van der Waals surface area (Å²) in [5.41, 5.74) is 2.46. The van der Waals surface area contributed by atoms with Crippen LogP contribution >= 0.6 is 15.9 Å². The summed E-state index contributed by atoms with van der Waals surface area (Å²) in [5.74, 6) is 0.688. The van der Waals surface area contributed by atoms with Crippen molar-refractivity contribution in [2.45, 2.75) is 6.17 Å². The number of rotatable bonds is 2. The Morgan fingerprint density at radius 2 is 1.95 bits per heavy atom. The first-order chi connectivity index (χ1) is 9.69. The van der Waals surface area contributed by atoms with Crippen molar-refractivity contribution in [1.82, 2.24) is 5.32 Å². The second kappa shape index (κ2) is 5.17. The third-order valence-corrected chi connectivity index (χ3v) is 3.88. The highest BCUT2D eigenvalue weighted by Crippen LogP contribution is 2.31. The summed E-state index contributed by atoms with van der Waals surface area (Å²) in [5, 5.41) is 6.26. The number of carbonyl (C=O) groups excluding carboxylic acids is 1. The summed E-state index contributed by atoms with van der Waals surface area (Å²) in [6, 6.07) is 13.2. The molecule has 0 saturated heterocycles. The number of fused-ring (bicyclic) bond motifs is 1. The molecule has 0 unspecified atom stereocenters. The number of ether oxygens (including phenoxy) is 1. The molecule has 0 fully saturated rings. The van der Waals surface area contributed by atoms with E-state index in [-0.39, 0.29) is 12.1 Å². The quantitative estimate of drug-likeness (QED) is 0.887. The highest BCUT2D eigenvalue weighted by atomic mass is 79.9. The Kier molecular flexibility index (Phi) is 3.36. The Hall–Kier alpha value is -2.01. The fourth-order valence-electron chi connectivity index (χ4n) is 2.24. The van der Waals surface area contributed by atoms with Gasteiger partial charge < -0.3 is 15.4 Å². The molecule has 0 aromatic heterocycles. The normalized spacial score (nSPS) is 16.9. The molecular weight excluding hydrogens is 320 g/mol. The SMILES string of the molecule is COc1ccc([C@H]2NC(=O)c3ccccc3N2)cc1Br. The number of hydrogen-bond donors (Lipinski definition) is 2. The molecule has 2 aromatic carbocycles. The molecule has 102 valence electrons. The molecule has 5 heteroatoms. The van der Waals surface area contributed by atoms with E-state index in [2.05, 4.69) is 26.6 Å². The monoisotopic (exact) mass is 332 g/mol. The second-order valence-electron chi connectivity index (χ2n) is 4.49. The number of benzene rings is 2. The average Bonchev–Trinajstić information content (AvgIpc) is 2.47. The van der Waals surface area contributed by atoms with Gasteiger partial charge in [0.25, 0.3) is 5.91 Å². The first-order valence-corrected chi connectivity index (χ1v) is 6.98. The minimum absolute atomic E-state index is 0.0729. The van der Waals surface area contributed by atoms with Gasteiger partial charge in [-0.05, 0) is 45.8 Å². The van der Waals surface area contributed by atoms with E-state index < -0.39 is 0 Å². The molecular formula is C15H13BrN2O2. The van der Waals surface area contributed by atoms with Crippen molar-refractivity contribution in [3.63, 3.8) is 0 Å². The maximum Gasteiger partial charge on any atom is 0.255 e. The Balaban J connectivity index is 1.94. The zero-order valence-electron chi connectivity index (χ0n) is 10.8. The van der Waals surface area contributed by atoms with Crippen molar-refractivity contribution < 1.29 is 9.53 Å². The van der Waals surface area contributed by atoms with E-state index in [4.69, 9.17) is 4.74 Å². The fourth-order valence-corrected chi connectivity index (χ4v) is 2.79. The summed E-state index contributed by atoms with van der Waals surface area (Å²) in [7, 11) is 1.62. The van der Waals surface area contributed by atoms with Crippen LogP contribution in [0.15, 0.2) is 46.9 Å². The van der Waals surface area contributed by atoms with Crippen molar-refractivity contribution in [3.8, 4) is 5.75 Å². The van der Waals surface area contributed by atoms with Crippen LogP contribution in [0.4, 0.5) is 5.69 Å². The lowest BCUT2D eigenvalue weighted by Gasteiger charge is -2.28. The molecule has 0 saturated carbocycles. The molecule has 0 bridgehead atoms. The van der Waals surface area contributed by atoms with Crippen LogP contribution in [0, 0.1) is 0 Å². The van der Waals surface area contributed by atoms with E-state index in [0.717, 1.165) is 21.5 Å². The van der Waals surface area contributed by atoms with Crippen molar-refractivity contribution in [2.75, 3.05) is 12.4 Å². The lowest BCUT2D eigenvalue weighted by Crippen LogP contribution is -2.38. The summed E-state index contributed by atoms with van der Waals surface area (Å²) >= 11 is 3.46. The lowest BCUT2D eigenvalue weighted by molar-refractivity contribution is 0.0935. The van der Waals surface area contributed by atoms with Gasteiger partial charge in [0.05, 0.1) is 17.1 Å². The van der Waals surface area contributed by atoms with Gasteiger partial charge in [0, 0.05) is 5.69 Å². The van der Waals surface area contributed by atoms with Gasteiger partial charge in [0.2, 0.25) is 0 Å². The molecule has 2 N–H and O–H groups in total. The zero-order valence-corrected chi connectivity index (χ0v) is 12.4. The molecule has 2 aromatic rings. The summed E-state index contributed by atoms with van der Waals surface area (Å²) in [6.45, 7) is 0. The number of nitrogens with one attached hydrogen (secondary N) is 2. The van der Waals surface area contributed by atoms with Crippen molar-refractivity contribution >= 4 is 27.5 Å². The van der Waals surface area contributed by atoms with Crippen LogP contribution in [0.1, 0.15) is 22.1 Å². The minimum Gasteiger partial charge on any atom is -0.496 e. The van der Waals surface area contributed by atoms with Crippen molar-refractivity contribution in [1.29, 1.82) is 0 Å². The molecule has 1 amide bonds. The molecule has 1 aliphatic rings. The standard InChI is InChI=1S/C15H13BrN2O2/c1-20-13-7-6-9(8-11(13)16)14-17-12-5-3-2-4-10(12)15(19)18-14/h2-8,14,17H,1H3,(H,18,19)/t14-/m1/s1. The molecule has 0 spiro atoms. The predicted octanol–water partition coefficient (Wildman–Crippen LogP) is 3.31. The van der Waals surface area contributed by atoms with Gasteiger partial charge in [-0.2, -0.15) is 0 Å². The molecule has 1 heterocycles. The Morgan fingerprint density at radius 3 is 2.70 bits per heavy atom. The van der Waals surface area contributed by atoms with Gasteiger partial charge in [-0.25, -0.2) is 0 Å². The van der Waals surface area contributed by atoms with E-state index in [9.17, 15) is 4.79 Å². The van der Waals surface area contributed by atoms with Crippen LogP contribution in [0.3, 0.4) is 0 Å². The molecule has 4 nitrogen and oxygen atoms in total. The molecule has 1 aliphatic heterocycles. The summed E-state index contributed by atoms with van der Waals surface area (Å²) in [6.07, 6.45) is -0.250. The van der Waals surface area contributed by atoms with E-state index in [0.29, 0.717) is 5.56 Å². The molecule has 0 radical (unpaired) electrons. The van der Waals surface area contributed by atoms with Crippen LogP contribution in [-0.4, -0.2) is 13.0 Å². The van der Waals surface area contributed by atoms with Crippen LogP contribution in [0.2, 0.25) is 0 Å². The van der Waals surface area contributed by atoms with Gasteiger partial charge in [0.15, 0.2) is 0 Å². The van der Waals surface area contributed by atoms with Gasteiger partial charge >= 0.3 is 0 Å². The number of hydrogen-bond acceptors (Lipinski definition) is 3. The van der Waals surface area contributed by atoms with Gasteiger partial charge in [-0.3, -0.25) is 4.79 Å². The molecule has 20 heavy (non-hydrogen) atoms. The smallest absolute Gasteiger partial charge is 0.255 e. The van der Waals surface area contributed by atoms with Crippen LogP contribution in [0.5, 0.6) is 5.75 Å². The zero-order chi connectivity index (χ0) is 14.1. The summed E-state index contributed by atoms with van der Waals surface area (Å²) in [4.78, 5) is 12.1. The first-order valence-electron chi connectivity index (χ1n) is 6.19. The van der Waals surface area contributed by atoms with Crippen molar-refractivity contribution in [3.05, 3.63) is 58.1 Å². The van der Waals surface area contributed by atoms with E-state index >= 15 is 0 Å². The van der Waals surface area contributed by atoms with E-state index in [1.54, 1.807) is 13.2 Å². The number of carbonyl (C=O) groups is 1. The fraction of sp³-hybridized carbons (Fsp3) is 0.133. The molecule has 1 atom stereocenters. The number of halogens is 1. The van der Waals surface area contributed by atoms with Gasteiger partial charge in [-0.1, -0.05) is 18.2 Å². The topological polar surface area (TPSA) is 50.4 Å². The van der Waals surface area contributed by atoms with Crippen LogP contribution in [0.25, 0.3) is 0 Å². The van der Waals surface area contributed by atoms with E-state index in [1.165, 1.54) is 0 Å². The first kappa shape index (κ1) is 13.0.